The molecule has 0 aromatic rings. The maximum absolute atomic E-state index is 11.5. The molecule has 2 amide bonds. The molecule has 0 spiro atoms. The quantitative estimate of drug-likeness (QED) is 0.474. The summed E-state index contributed by atoms with van der Waals surface area (Å²) < 4.78 is 0. The molecule has 0 bridgehead atoms. The molecular weight excluding hydrogens is 300 g/mol. The van der Waals surface area contributed by atoms with Crippen LogP contribution >= 0.6 is 0 Å². The van der Waals surface area contributed by atoms with Gasteiger partial charge in [-0.2, -0.15) is 0 Å². The second-order valence-corrected chi connectivity index (χ2v) is 7.50. The average Bonchev–Trinajstić information content (AvgIpc) is 3.17. The molecule has 2 rings (SSSR count). The van der Waals surface area contributed by atoms with Crippen molar-refractivity contribution in [1.29, 1.82) is 0 Å². The number of carbonyl (C=O) groups is 2. The van der Waals surface area contributed by atoms with E-state index in [1.807, 2.05) is 9.80 Å². The summed E-state index contributed by atoms with van der Waals surface area (Å²) in [4.78, 5) is 27.0. The van der Waals surface area contributed by atoms with Gasteiger partial charge in [-0.05, 0) is 25.7 Å². The molecular formula is C20H36N2O2. The Morgan fingerprint density at radius 2 is 0.875 bits per heavy atom. The van der Waals surface area contributed by atoms with E-state index in [0.29, 0.717) is 11.8 Å². The van der Waals surface area contributed by atoms with Crippen molar-refractivity contribution in [3.8, 4) is 0 Å². The summed E-state index contributed by atoms with van der Waals surface area (Å²) in [5.74, 6) is 0.730. The fourth-order valence-corrected chi connectivity index (χ4v) is 3.90. The number of likely N-dealkylation sites (tertiary alicyclic amines) is 2. The molecule has 0 unspecified atom stereocenters. The zero-order valence-electron chi connectivity index (χ0n) is 15.4. The van der Waals surface area contributed by atoms with Crippen molar-refractivity contribution in [1.82, 2.24) is 9.80 Å². The Labute approximate surface area is 148 Å². The van der Waals surface area contributed by atoms with Crippen molar-refractivity contribution in [2.24, 2.45) is 0 Å². The van der Waals surface area contributed by atoms with Gasteiger partial charge in [-0.1, -0.05) is 51.4 Å². The largest absolute Gasteiger partial charge is 0.343 e. The highest BCUT2D eigenvalue weighted by Crippen LogP contribution is 2.15. The van der Waals surface area contributed by atoms with E-state index in [1.165, 1.54) is 64.2 Å². The molecule has 4 nitrogen and oxygen atoms in total. The van der Waals surface area contributed by atoms with Crippen molar-refractivity contribution < 1.29 is 9.59 Å². The van der Waals surface area contributed by atoms with Gasteiger partial charge >= 0.3 is 0 Å². The number of hydrogen-bond acceptors (Lipinski definition) is 2. The molecule has 0 N–H and O–H groups in total. The second kappa shape index (κ2) is 11.5. The van der Waals surface area contributed by atoms with Crippen molar-refractivity contribution in [3.63, 3.8) is 0 Å². The van der Waals surface area contributed by atoms with Gasteiger partial charge in [0, 0.05) is 39.0 Å². The topological polar surface area (TPSA) is 40.6 Å². The Morgan fingerprint density at radius 1 is 0.542 bits per heavy atom. The Bertz CT molecular complexity index is 348. The number of amides is 2. The zero-order valence-corrected chi connectivity index (χ0v) is 15.4. The molecule has 138 valence electrons. The SMILES string of the molecule is O=C1CCCN1CCCCCCCCCCCCN1CCCC1=O. The van der Waals surface area contributed by atoms with E-state index in [1.54, 1.807) is 0 Å². The monoisotopic (exact) mass is 336 g/mol. The molecule has 0 aromatic carbocycles. The summed E-state index contributed by atoms with van der Waals surface area (Å²) in [5, 5.41) is 0. The molecule has 2 fully saturated rings. The molecule has 4 heteroatoms. The minimum atomic E-state index is 0.365. The Morgan fingerprint density at radius 3 is 1.17 bits per heavy atom. The number of nitrogens with zero attached hydrogens (tertiary/aromatic N) is 2. The lowest BCUT2D eigenvalue weighted by molar-refractivity contribution is -0.128. The van der Waals surface area contributed by atoms with Crippen LogP contribution < -0.4 is 0 Å². The van der Waals surface area contributed by atoms with Crippen LogP contribution in [0.15, 0.2) is 0 Å². The lowest BCUT2D eigenvalue weighted by Crippen LogP contribution is -2.25. The Hall–Kier alpha value is -1.06. The fraction of sp³-hybridized carbons (Fsp3) is 0.900. The summed E-state index contributed by atoms with van der Waals surface area (Å²) in [7, 11) is 0. The molecule has 0 aliphatic carbocycles. The van der Waals surface area contributed by atoms with Crippen molar-refractivity contribution in [2.45, 2.75) is 89.9 Å². The van der Waals surface area contributed by atoms with Crippen LogP contribution in [0.5, 0.6) is 0 Å². The van der Waals surface area contributed by atoms with Crippen LogP contribution in [0.2, 0.25) is 0 Å². The van der Waals surface area contributed by atoms with E-state index < -0.39 is 0 Å². The molecule has 0 saturated carbocycles. The number of hydrogen-bond donors (Lipinski definition) is 0. The van der Waals surface area contributed by atoms with Crippen LogP contribution in [-0.4, -0.2) is 47.8 Å². The molecule has 2 saturated heterocycles. The standard InChI is InChI=1S/C20H36N2O2/c23-19-13-11-17-21(19)15-9-7-5-3-1-2-4-6-8-10-16-22-18-12-14-20(22)24/h1-18H2. The summed E-state index contributed by atoms with van der Waals surface area (Å²) in [6.07, 6.45) is 16.6. The fourth-order valence-electron chi connectivity index (χ4n) is 3.90. The second-order valence-electron chi connectivity index (χ2n) is 7.50. The summed E-state index contributed by atoms with van der Waals surface area (Å²) >= 11 is 0. The summed E-state index contributed by atoms with van der Waals surface area (Å²) in [5.41, 5.74) is 0. The predicted octanol–water partition coefficient (Wildman–Crippen LogP) is 4.13. The molecule has 2 aliphatic rings. The number of unbranched alkanes of at least 4 members (excludes halogenated alkanes) is 9. The number of rotatable bonds is 13. The smallest absolute Gasteiger partial charge is 0.222 e. The third kappa shape index (κ3) is 7.23. The van der Waals surface area contributed by atoms with Crippen LogP contribution in [0.3, 0.4) is 0 Å². The molecule has 24 heavy (non-hydrogen) atoms. The van der Waals surface area contributed by atoms with Gasteiger partial charge in [0.05, 0.1) is 0 Å². The van der Waals surface area contributed by atoms with Crippen LogP contribution in [0, 0.1) is 0 Å². The molecule has 0 aromatic heterocycles. The third-order valence-electron chi connectivity index (χ3n) is 5.45. The highest BCUT2D eigenvalue weighted by molar-refractivity contribution is 5.78. The van der Waals surface area contributed by atoms with E-state index in [0.717, 1.165) is 51.9 Å². The zero-order chi connectivity index (χ0) is 17.0. The van der Waals surface area contributed by atoms with Gasteiger partial charge in [0.25, 0.3) is 0 Å². The lowest BCUT2D eigenvalue weighted by Gasteiger charge is -2.15. The molecule has 0 atom stereocenters. The van der Waals surface area contributed by atoms with Crippen LogP contribution in [0.25, 0.3) is 0 Å². The maximum atomic E-state index is 11.5. The highest BCUT2D eigenvalue weighted by Gasteiger charge is 2.19. The molecule has 0 radical (unpaired) electrons. The van der Waals surface area contributed by atoms with Gasteiger partial charge in [-0.3, -0.25) is 9.59 Å². The molecule has 2 aliphatic heterocycles. The Balaban J connectivity index is 1.28. The van der Waals surface area contributed by atoms with Gasteiger partial charge in [0.1, 0.15) is 0 Å². The van der Waals surface area contributed by atoms with Crippen molar-refractivity contribution in [3.05, 3.63) is 0 Å². The van der Waals surface area contributed by atoms with Crippen LogP contribution in [0.1, 0.15) is 89.9 Å². The van der Waals surface area contributed by atoms with Gasteiger partial charge in [-0.15, -0.1) is 0 Å². The first-order valence-corrected chi connectivity index (χ1v) is 10.3. The van der Waals surface area contributed by atoms with Crippen molar-refractivity contribution >= 4 is 11.8 Å². The average molecular weight is 337 g/mol. The first kappa shape index (κ1) is 19.3. The first-order chi connectivity index (χ1) is 11.8. The van der Waals surface area contributed by atoms with Gasteiger partial charge in [0.2, 0.25) is 11.8 Å². The number of carbonyl (C=O) groups excluding carboxylic acids is 2. The predicted molar refractivity (Wildman–Crippen MR) is 97.8 cm³/mol. The van der Waals surface area contributed by atoms with E-state index in [9.17, 15) is 9.59 Å². The lowest BCUT2D eigenvalue weighted by atomic mass is 10.1. The van der Waals surface area contributed by atoms with E-state index in [2.05, 4.69) is 0 Å². The highest BCUT2D eigenvalue weighted by atomic mass is 16.2. The van der Waals surface area contributed by atoms with Gasteiger partial charge in [-0.25, -0.2) is 0 Å². The normalized spacial score (nSPS) is 18.2. The van der Waals surface area contributed by atoms with E-state index in [-0.39, 0.29) is 0 Å². The van der Waals surface area contributed by atoms with Crippen LogP contribution in [0.4, 0.5) is 0 Å². The Kier molecular flexibility index (Phi) is 9.22. The van der Waals surface area contributed by atoms with Gasteiger partial charge in [0.15, 0.2) is 0 Å². The minimum Gasteiger partial charge on any atom is -0.343 e. The van der Waals surface area contributed by atoms with Crippen LogP contribution in [-0.2, 0) is 9.59 Å². The summed E-state index contributed by atoms with van der Waals surface area (Å²) in [6.45, 7) is 3.95. The maximum Gasteiger partial charge on any atom is 0.222 e. The summed E-state index contributed by atoms with van der Waals surface area (Å²) in [6, 6.07) is 0. The third-order valence-corrected chi connectivity index (χ3v) is 5.45. The van der Waals surface area contributed by atoms with Crippen molar-refractivity contribution in [2.75, 3.05) is 26.2 Å². The first-order valence-electron chi connectivity index (χ1n) is 10.3. The minimum absolute atomic E-state index is 0.365. The van der Waals surface area contributed by atoms with Gasteiger partial charge < -0.3 is 9.80 Å². The van der Waals surface area contributed by atoms with E-state index in [4.69, 9.17) is 0 Å². The molecule has 2 heterocycles. The van der Waals surface area contributed by atoms with E-state index >= 15 is 0 Å².